The van der Waals surface area contributed by atoms with Crippen molar-refractivity contribution in [2.24, 2.45) is 4.99 Å². The van der Waals surface area contributed by atoms with E-state index in [9.17, 15) is 0 Å². The zero-order chi connectivity index (χ0) is 20.6. The molecule has 0 spiro atoms. The molecule has 0 amide bonds. The molecule has 4 rings (SSSR count). The molecule has 0 saturated carbocycles. The second-order valence-corrected chi connectivity index (χ2v) is 7.66. The summed E-state index contributed by atoms with van der Waals surface area (Å²) in [5, 5.41) is 6.80. The van der Waals surface area contributed by atoms with Gasteiger partial charge in [0.25, 0.3) is 0 Å². The fourth-order valence-electron chi connectivity index (χ4n) is 3.93. The van der Waals surface area contributed by atoms with Gasteiger partial charge in [-0.25, -0.2) is 9.97 Å². The number of nitrogens with one attached hydrogen (secondary N) is 2. The van der Waals surface area contributed by atoms with Crippen LogP contribution in [0, 0.1) is 0 Å². The molecule has 2 aliphatic heterocycles. The fourth-order valence-corrected chi connectivity index (χ4v) is 3.93. The predicted molar refractivity (Wildman–Crippen MR) is 135 cm³/mol. The molecule has 0 bridgehead atoms. The number of anilines is 1. The Bertz CT molecular complexity index is 803. The largest absolute Gasteiger partial charge is 0.488 e. The van der Waals surface area contributed by atoms with Gasteiger partial charge >= 0.3 is 0 Å². The third kappa shape index (κ3) is 6.67. The monoisotopic (exact) mass is 537 g/mol. The van der Waals surface area contributed by atoms with Crippen LogP contribution in [0.1, 0.15) is 12.0 Å². The molecule has 1 fully saturated rings. The van der Waals surface area contributed by atoms with Gasteiger partial charge in [-0.05, 0) is 30.7 Å². The third-order valence-electron chi connectivity index (χ3n) is 5.59. The Hall–Kier alpha value is -2.14. The molecule has 0 radical (unpaired) electrons. The number of aliphatic imine (C=N–C) groups is 1. The molecule has 1 aromatic heterocycles. The normalized spacial score (nSPS) is 18.7. The standard InChI is InChI=1S/C22H31N7O.HI/c1-23-21(27-17-19-16-18-6-2-3-7-20(18)30-19)24-10-5-11-28-12-14-29(15-13-28)22-25-8-4-9-26-22;/h2-4,6-9,19H,5,10-17H2,1H3,(H2,23,24,27);1H. The number of ether oxygens (including phenoxy) is 1. The quantitative estimate of drug-likeness (QED) is 0.241. The van der Waals surface area contributed by atoms with Crippen molar-refractivity contribution in [3.63, 3.8) is 0 Å². The highest BCUT2D eigenvalue weighted by Gasteiger charge is 2.22. The number of fused-ring (bicyclic) bond motifs is 1. The second-order valence-electron chi connectivity index (χ2n) is 7.66. The van der Waals surface area contributed by atoms with Gasteiger partial charge in [-0.3, -0.25) is 9.89 Å². The molecule has 0 aliphatic carbocycles. The predicted octanol–water partition coefficient (Wildman–Crippen LogP) is 1.78. The molecule has 8 nitrogen and oxygen atoms in total. The summed E-state index contributed by atoms with van der Waals surface area (Å²) in [6.45, 7) is 6.77. The van der Waals surface area contributed by atoms with Crippen LogP contribution in [0.2, 0.25) is 0 Å². The summed E-state index contributed by atoms with van der Waals surface area (Å²) in [5.74, 6) is 2.68. The first kappa shape index (κ1) is 23.5. The first-order valence-electron chi connectivity index (χ1n) is 10.8. The number of guanidine groups is 1. The van der Waals surface area contributed by atoms with E-state index in [1.807, 2.05) is 25.2 Å². The summed E-state index contributed by atoms with van der Waals surface area (Å²) in [6, 6.07) is 10.1. The van der Waals surface area contributed by atoms with Gasteiger partial charge in [-0.15, -0.1) is 24.0 Å². The van der Waals surface area contributed by atoms with Crippen LogP contribution in [0.15, 0.2) is 47.7 Å². The summed E-state index contributed by atoms with van der Waals surface area (Å²) in [6.07, 6.45) is 5.79. The summed E-state index contributed by atoms with van der Waals surface area (Å²) in [7, 11) is 1.81. The SMILES string of the molecule is CN=C(NCCCN1CCN(c2ncccn2)CC1)NCC1Cc2ccccc2O1.I. The third-order valence-corrected chi connectivity index (χ3v) is 5.59. The number of halogens is 1. The highest BCUT2D eigenvalue weighted by molar-refractivity contribution is 14.0. The van der Waals surface area contributed by atoms with E-state index in [2.05, 4.69) is 47.5 Å². The first-order chi connectivity index (χ1) is 14.8. The molecule has 9 heteroatoms. The number of hydrogen-bond acceptors (Lipinski definition) is 6. The molecule has 1 unspecified atom stereocenters. The lowest BCUT2D eigenvalue weighted by molar-refractivity contribution is 0.234. The number of rotatable bonds is 7. The Morgan fingerprint density at radius 2 is 1.87 bits per heavy atom. The Balaban J connectivity index is 0.00000272. The van der Waals surface area contributed by atoms with Gasteiger partial charge in [-0.2, -0.15) is 0 Å². The molecule has 3 heterocycles. The first-order valence-corrected chi connectivity index (χ1v) is 10.8. The molecular formula is C22H32IN7O. The van der Waals surface area contributed by atoms with Crippen molar-refractivity contribution in [1.82, 2.24) is 25.5 Å². The highest BCUT2D eigenvalue weighted by atomic mass is 127. The number of benzene rings is 1. The molecule has 31 heavy (non-hydrogen) atoms. The average molecular weight is 537 g/mol. The van der Waals surface area contributed by atoms with Crippen LogP contribution in [0.5, 0.6) is 5.75 Å². The Kier molecular flexibility index (Phi) is 9.13. The maximum absolute atomic E-state index is 5.98. The van der Waals surface area contributed by atoms with E-state index in [1.54, 1.807) is 12.4 Å². The van der Waals surface area contributed by atoms with E-state index >= 15 is 0 Å². The van der Waals surface area contributed by atoms with Gasteiger partial charge in [0, 0.05) is 58.6 Å². The van der Waals surface area contributed by atoms with Crippen molar-refractivity contribution < 1.29 is 4.74 Å². The fraction of sp³-hybridized carbons (Fsp3) is 0.500. The smallest absolute Gasteiger partial charge is 0.225 e. The van der Waals surface area contributed by atoms with Gasteiger partial charge in [0.05, 0.1) is 6.54 Å². The number of nitrogens with zero attached hydrogens (tertiary/aromatic N) is 5. The maximum Gasteiger partial charge on any atom is 0.225 e. The van der Waals surface area contributed by atoms with Crippen molar-refractivity contribution in [3.05, 3.63) is 48.3 Å². The van der Waals surface area contributed by atoms with E-state index in [0.29, 0.717) is 0 Å². The van der Waals surface area contributed by atoms with Crippen LogP contribution in [0.25, 0.3) is 0 Å². The highest BCUT2D eigenvalue weighted by Crippen LogP contribution is 2.27. The van der Waals surface area contributed by atoms with Gasteiger partial charge in [0.2, 0.25) is 5.95 Å². The van der Waals surface area contributed by atoms with Gasteiger partial charge in [-0.1, -0.05) is 18.2 Å². The molecule has 1 atom stereocenters. The van der Waals surface area contributed by atoms with E-state index in [-0.39, 0.29) is 30.1 Å². The average Bonchev–Trinajstić information content (AvgIpc) is 3.22. The van der Waals surface area contributed by atoms with Crippen LogP contribution in [0.4, 0.5) is 5.95 Å². The van der Waals surface area contributed by atoms with E-state index < -0.39 is 0 Å². The Morgan fingerprint density at radius 1 is 1.10 bits per heavy atom. The zero-order valence-corrected chi connectivity index (χ0v) is 20.4. The lowest BCUT2D eigenvalue weighted by Gasteiger charge is -2.34. The lowest BCUT2D eigenvalue weighted by atomic mass is 10.1. The maximum atomic E-state index is 5.98. The van der Waals surface area contributed by atoms with Crippen LogP contribution < -0.4 is 20.3 Å². The summed E-state index contributed by atoms with van der Waals surface area (Å²) in [4.78, 5) is 17.8. The van der Waals surface area contributed by atoms with Crippen molar-refractivity contribution in [2.75, 3.05) is 57.8 Å². The van der Waals surface area contributed by atoms with Crippen molar-refractivity contribution in [3.8, 4) is 5.75 Å². The number of aromatic nitrogens is 2. The molecule has 168 valence electrons. The van der Waals surface area contributed by atoms with Gasteiger partial charge in [0.15, 0.2) is 5.96 Å². The summed E-state index contributed by atoms with van der Waals surface area (Å²) >= 11 is 0. The van der Waals surface area contributed by atoms with Gasteiger partial charge in [0.1, 0.15) is 11.9 Å². The minimum Gasteiger partial charge on any atom is -0.488 e. The van der Waals surface area contributed by atoms with Crippen LogP contribution in [-0.2, 0) is 6.42 Å². The van der Waals surface area contributed by atoms with Crippen molar-refractivity contribution in [2.45, 2.75) is 18.9 Å². The van der Waals surface area contributed by atoms with Crippen molar-refractivity contribution >= 4 is 35.9 Å². The minimum atomic E-state index is 0. The Morgan fingerprint density at radius 3 is 2.61 bits per heavy atom. The minimum absolute atomic E-state index is 0. The van der Waals surface area contributed by atoms with E-state index in [0.717, 1.165) is 76.3 Å². The zero-order valence-electron chi connectivity index (χ0n) is 18.0. The summed E-state index contributed by atoms with van der Waals surface area (Å²) in [5.41, 5.74) is 1.28. The van der Waals surface area contributed by atoms with Gasteiger partial charge < -0.3 is 20.3 Å². The van der Waals surface area contributed by atoms with Crippen molar-refractivity contribution in [1.29, 1.82) is 0 Å². The van der Waals surface area contributed by atoms with E-state index in [1.165, 1.54) is 5.56 Å². The molecule has 2 aliphatic rings. The Labute approximate surface area is 201 Å². The summed E-state index contributed by atoms with van der Waals surface area (Å²) < 4.78 is 5.98. The molecular weight excluding hydrogens is 505 g/mol. The molecule has 1 saturated heterocycles. The second kappa shape index (κ2) is 12.0. The van der Waals surface area contributed by atoms with E-state index in [4.69, 9.17) is 4.74 Å². The molecule has 2 aromatic rings. The van der Waals surface area contributed by atoms with Crippen LogP contribution in [0.3, 0.4) is 0 Å². The van der Waals surface area contributed by atoms with Crippen LogP contribution in [-0.4, -0.2) is 79.8 Å². The molecule has 2 N–H and O–H groups in total. The lowest BCUT2D eigenvalue weighted by Crippen LogP contribution is -2.48. The topological polar surface area (TPSA) is 77.9 Å². The van der Waals surface area contributed by atoms with Crippen LogP contribution >= 0.6 is 24.0 Å². The molecule has 1 aromatic carbocycles. The number of para-hydroxylation sites is 1. The number of hydrogen-bond donors (Lipinski definition) is 2. The number of piperazine rings is 1.